The number of thioether (sulfide) groups is 1. The molecule has 136 valence electrons. The molecule has 0 saturated heterocycles. The number of benzene rings is 2. The first kappa shape index (κ1) is 18.1. The van der Waals surface area contributed by atoms with Crippen LogP contribution < -0.4 is 15.3 Å². The lowest BCUT2D eigenvalue weighted by atomic mass is 10.1. The quantitative estimate of drug-likeness (QED) is 0.390. The Morgan fingerprint density at radius 3 is 2.50 bits per heavy atom. The van der Waals surface area contributed by atoms with E-state index >= 15 is 0 Å². The second-order valence-corrected chi connectivity index (χ2v) is 6.86. The molecule has 0 aliphatic carbocycles. The van der Waals surface area contributed by atoms with Gasteiger partial charge in [0.2, 0.25) is 5.16 Å². The number of nitrogen functional groups attached to an aromatic ring is 1. The van der Waals surface area contributed by atoms with Gasteiger partial charge in [0, 0.05) is 5.75 Å². The predicted molar refractivity (Wildman–Crippen MR) is 104 cm³/mol. The summed E-state index contributed by atoms with van der Waals surface area (Å²) in [5.41, 5.74) is 3.08. The van der Waals surface area contributed by atoms with Crippen LogP contribution in [-0.2, 0) is 0 Å². The number of nitrogens with two attached hydrogens (primary N) is 1. The Kier molecular flexibility index (Phi) is 5.68. The lowest BCUT2D eigenvalue weighted by Crippen LogP contribution is -2.12. The molecule has 1 aromatic heterocycles. The largest absolute Gasteiger partial charge is 0.496 e. The highest BCUT2D eigenvalue weighted by atomic mass is 32.2. The van der Waals surface area contributed by atoms with Gasteiger partial charge in [-0.1, -0.05) is 42.1 Å². The molecule has 3 aromatic rings. The lowest BCUT2D eigenvalue weighted by molar-refractivity contribution is 0.339. The topological polar surface area (TPSA) is 75.2 Å². The van der Waals surface area contributed by atoms with Crippen LogP contribution in [0.2, 0.25) is 0 Å². The van der Waals surface area contributed by atoms with E-state index in [1.807, 2.05) is 56.3 Å². The van der Waals surface area contributed by atoms with Gasteiger partial charge >= 0.3 is 0 Å². The van der Waals surface area contributed by atoms with E-state index in [0.29, 0.717) is 23.3 Å². The van der Waals surface area contributed by atoms with Crippen LogP contribution in [0.25, 0.3) is 11.4 Å². The molecule has 0 aliphatic rings. The maximum Gasteiger partial charge on any atom is 0.210 e. The summed E-state index contributed by atoms with van der Waals surface area (Å²) in [5, 5.41) is 9.03. The normalized spacial score (nSPS) is 10.7. The van der Waals surface area contributed by atoms with Gasteiger partial charge in [0.1, 0.15) is 11.5 Å². The summed E-state index contributed by atoms with van der Waals surface area (Å²) in [6, 6.07) is 13.7. The zero-order chi connectivity index (χ0) is 18.5. The number of aromatic nitrogens is 3. The third kappa shape index (κ3) is 3.77. The van der Waals surface area contributed by atoms with Gasteiger partial charge in [-0.25, -0.2) is 4.68 Å². The maximum absolute atomic E-state index is 6.17. The molecular formula is C19H22N4O2S. The van der Waals surface area contributed by atoms with Crippen LogP contribution in [0.1, 0.15) is 11.1 Å². The van der Waals surface area contributed by atoms with Gasteiger partial charge < -0.3 is 15.3 Å². The molecule has 2 N–H and O–H groups in total. The van der Waals surface area contributed by atoms with Crippen molar-refractivity contribution in [3.05, 3.63) is 53.6 Å². The summed E-state index contributed by atoms with van der Waals surface area (Å²) in [6.07, 6.45) is 0. The van der Waals surface area contributed by atoms with Gasteiger partial charge in [-0.15, -0.1) is 10.2 Å². The van der Waals surface area contributed by atoms with Gasteiger partial charge in [0.25, 0.3) is 0 Å². The standard InChI is InChI=1S/C19H22N4O2S/c1-13-7-6-8-14(2)17(13)25-11-12-26-19-22-21-18(23(19)20)15-9-4-5-10-16(15)24-3/h4-10H,11-12,20H2,1-3H3. The summed E-state index contributed by atoms with van der Waals surface area (Å²) < 4.78 is 12.8. The summed E-state index contributed by atoms with van der Waals surface area (Å²) >= 11 is 1.51. The molecule has 0 radical (unpaired) electrons. The van der Waals surface area contributed by atoms with Gasteiger partial charge in [0.15, 0.2) is 5.82 Å². The van der Waals surface area contributed by atoms with Crippen molar-refractivity contribution < 1.29 is 9.47 Å². The molecule has 2 aromatic carbocycles. The Bertz CT molecular complexity index is 875. The average Bonchev–Trinajstić information content (AvgIpc) is 3.01. The highest BCUT2D eigenvalue weighted by molar-refractivity contribution is 7.99. The van der Waals surface area contributed by atoms with Crippen LogP contribution in [0.4, 0.5) is 0 Å². The van der Waals surface area contributed by atoms with Crippen LogP contribution in [0.15, 0.2) is 47.6 Å². The first-order valence-electron chi connectivity index (χ1n) is 8.27. The Morgan fingerprint density at radius 1 is 1.04 bits per heavy atom. The summed E-state index contributed by atoms with van der Waals surface area (Å²) in [4.78, 5) is 0. The minimum atomic E-state index is 0.563. The SMILES string of the molecule is COc1ccccc1-c1nnc(SCCOc2c(C)cccc2C)n1N. The van der Waals surface area contributed by atoms with E-state index in [9.17, 15) is 0 Å². The second-order valence-electron chi connectivity index (χ2n) is 5.79. The summed E-state index contributed by atoms with van der Waals surface area (Å²) in [7, 11) is 1.62. The molecule has 0 fully saturated rings. The van der Waals surface area contributed by atoms with Crippen molar-refractivity contribution >= 4 is 11.8 Å². The van der Waals surface area contributed by atoms with E-state index < -0.39 is 0 Å². The van der Waals surface area contributed by atoms with Crippen molar-refractivity contribution in [2.24, 2.45) is 0 Å². The zero-order valence-corrected chi connectivity index (χ0v) is 15.9. The number of rotatable bonds is 7. The van der Waals surface area contributed by atoms with Crippen LogP contribution in [0.5, 0.6) is 11.5 Å². The molecule has 0 aliphatic heterocycles. The summed E-state index contributed by atoms with van der Waals surface area (Å²) in [6.45, 7) is 4.66. The Balaban J connectivity index is 1.64. The van der Waals surface area contributed by atoms with E-state index in [2.05, 4.69) is 10.2 Å². The Morgan fingerprint density at radius 2 is 1.77 bits per heavy atom. The molecule has 0 atom stereocenters. The zero-order valence-electron chi connectivity index (χ0n) is 15.1. The highest BCUT2D eigenvalue weighted by Crippen LogP contribution is 2.29. The van der Waals surface area contributed by atoms with Gasteiger partial charge in [-0.05, 0) is 37.1 Å². The average molecular weight is 370 g/mol. The van der Waals surface area contributed by atoms with Crippen LogP contribution in [-0.4, -0.2) is 34.3 Å². The van der Waals surface area contributed by atoms with Gasteiger partial charge in [-0.3, -0.25) is 0 Å². The molecule has 3 rings (SSSR count). The molecule has 0 saturated carbocycles. The number of hydrogen-bond donors (Lipinski definition) is 1. The Hall–Kier alpha value is -2.67. The van der Waals surface area contributed by atoms with Crippen molar-refractivity contribution in [1.29, 1.82) is 0 Å². The first-order valence-corrected chi connectivity index (χ1v) is 9.26. The van der Waals surface area contributed by atoms with E-state index in [1.54, 1.807) is 7.11 Å². The molecule has 6 nitrogen and oxygen atoms in total. The maximum atomic E-state index is 6.17. The van der Waals surface area contributed by atoms with Crippen molar-refractivity contribution in [3.63, 3.8) is 0 Å². The first-order chi connectivity index (χ1) is 12.6. The fraction of sp³-hybridized carbons (Fsp3) is 0.263. The van der Waals surface area contributed by atoms with Crippen molar-refractivity contribution in [3.8, 4) is 22.9 Å². The van der Waals surface area contributed by atoms with Crippen LogP contribution >= 0.6 is 11.8 Å². The van der Waals surface area contributed by atoms with Crippen molar-refractivity contribution in [2.75, 3.05) is 25.3 Å². The molecule has 7 heteroatoms. The molecule has 0 bridgehead atoms. The van der Waals surface area contributed by atoms with Crippen molar-refractivity contribution in [2.45, 2.75) is 19.0 Å². The second kappa shape index (κ2) is 8.14. The van der Waals surface area contributed by atoms with Crippen molar-refractivity contribution in [1.82, 2.24) is 14.9 Å². The predicted octanol–water partition coefficient (Wildman–Crippen LogP) is 3.46. The molecule has 0 spiro atoms. The number of aryl methyl sites for hydroxylation is 2. The van der Waals surface area contributed by atoms with E-state index in [1.165, 1.54) is 16.4 Å². The highest BCUT2D eigenvalue weighted by Gasteiger charge is 2.15. The fourth-order valence-corrected chi connectivity index (χ4v) is 3.37. The fourth-order valence-electron chi connectivity index (χ4n) is 2.69. The van der Waals surface area contributed by atoms with E-state index in [0.717, 1.165) is 28.2 Å². The van der Waals surface area contributed by atoms with Gasteiger partial charge in [0.05, 0.1) is 19.3 Å². The number of para-hydroxylation sites is 2. The lowest BCUT2D eigenvalue weighted by Gasteiger charge is -2.11. The van der Waals surface area contributed by atoms with Gasteiger partial charge in [-0.2, -0.15) is 0 Å². The molecule has 26 heavy (non-hydrogen) atoms. The molecule has 0 amide bonds. The van der Waals surface area contributed by atoms with Crippen LogP contribution in [0.3, 0.4) is 0 Å². The monoisotopic (exact) mass is 370 g/mol. The van der Waals surface area contributed by atoms with E-state index in [-0.39, 0.29) is 0 Å². The number of methoxy groups -OCH3 is 1. The molecular weight excluding hydrogens is 348 g/mol. The van der Waals surface area contributed by atoms with Crippen LogP contribution in [0, 0.1) is 13.8 Å². The number of hydrogen-bond acceptors (Lipinski definition) is 6. The minimum Gasteiger partial charge on any atom is -0.496 e. The van der Waals surface area contributed by atoms with E-state index in [4.69, 9.17) is 15.3 Å². The smallest absolute Gasteiger partial charge is 0.210 e. The summed E-state index contributed by atoms with van der Waals surface area (Å²) in [5.74, 6) is 9.11. The third-order valence-electron chi connectivity index (χ3n) is 3.98. The Labute approximate surface area is 157 Å². The molecule has 0 unspecified atom stereocenters. The molecule has 1 heterocycles. The third-order valence-corrected chi connectivity index (χ3v) is 4.89. The number of nitrogens with zero attached hydrogens (tertiary/aromatic N) is 3. The number of ether oxygens (including phenoxy) is 2. The minimum absolute atomic E-state index is 0.563.